The number of benzene rings is 1. The molecular weight excluding hydrogens is 282 g/mol. The molecule has 1 aromatic carbocycles. The van der Waals surface area contributed by atoms with E-state index in [0.29, 0.717) is 22.6 Å². The molecule has 0 unspecified atom stereocenters. The number of nitrogens with zero attached hydrogens (tertiary/aromatic N) is 3. The lowest BCUT2D eigenvalue weighted by Crippen LogP contribution is -2.20. The summed E-state index contributed by atoms with van der Waals surface area (Å²) in [6.07, 6.45) is 1.64. The molecule has 0 aliphatic carbocycles. The number of methoxy groups -OCH3 is 1. The Bertz CT molecular complexity index is 723. The molecule has 22 heavy (non-hydrogen) atoms. The van der Waals surface area contributed by atoms with E-state index in [-0.39, 0.29) is 12.3 Å². The molecule has 6 heteroatoms. The first-order valence-electron chi connectivity index (χ1n) is 6.70. The van der Waals surface area contributed by atoms with Crippen LogP contribution >= 0.6 is 0 Å². The highest BCUT2D eigenvalue weighted by atomic mass is 16.5. The van der Waals surface area contributed by atoms with Gasteiger partial charge in [-0.3, -0.25) is 4.98 Å². The second-order valence-electron chi connectivity index (χ2n) is 4.30. The van der Waals surface area contributed by atoms with Crippen LogP contribution in [0.25, 0.3) is 16.8 Å². The Hall–Kier alpha value is -2.98. The van der Waals surface area contributed by atoms with Crippen molar-refractivity contribution >= 4 is 11.7 Å². The van der Waals surface area contributed by atoms with E-state index in [1.165, 1.54) is 7.11 Å². The van der Waals surface area contributed by atoms with E-state index in [1.54, 1.807) is 43.5 Å². The first kappa shape index (κ1) is 15.4. The Morgan fingerprint density at radius 2 is 2.14 bits per heavy atom. The summed E-state index contributed by atoms with van der Waals surface area (Å²) in [5.74, 6) is -0.185. The number of hydrogen-bond acceptors (Lipinski definition) is 4. The van der Waals surface area contributed by atoms with Crippen LogP contribution in [-0.2, 0) is 9.53 Å². The molecule has 0 fully saturated rings. The Morgan fingerprint density at radius 3 is 2.73 bits per heavy atom. The van der Waals surface area contributed by atoms with Crippen LogP contribution in [0.1, 0.15) is 12.5 Å². The predicted octanol–water partition coefficient (Wildman–Crippen LogP) is 2.34. The maximum absolute atomic E-state index is 12.0. The molecule has 2 rings (SSSR count). The highest BCUT2D eigenvalue weighted by Crippen LogP contribution is 2.26. The standard InChI is InChI=1S/C16H15N3O3/c1-3-22-16(20)15(19-17)13-10-11(21-2)7-8-12(13)14-6-4-5-9-18-14/h4-10H,3H2,1-2H3. The fourth-order valence-electron chi connectivity index (χ4n) is 2.00. The first-order chi connectivity index (χ1) is 10.7. The summed E-state index contributed by atoms with van der Waals surface area (Å²) >= 11 is 0. The number of ether oxygens (including phenoxy) is 2. The van der Waals surface area contributed by atoms with Gasteiger partial charge in [0.15, 0.2) is 0 Å². The molecular formula is C16H15N3O3. The van der Waals surface area contributed by atoms with E-state index in [1.807, 2.05) is 6.07 Å². The number of hydrogen-bond donors (Lipinski definition) is 0. The molecule has 112 valence electrons. The van der Waals surface area contributed by atoms with Crippen molar-refractivity contribution in [2.24, 2.45) is 0 Å². The summed E-state index contributed by atoms with van der Waals surface area (Å²) < 4.78 is 10.1. The Morgan fingerprint density at radius 1 is 1.32 bits per heavy atom. The molecule has 0 saturated carbocycles. The van der Waals surface area contributed by atoms with Crippen LogP contribution in [-0.4, -0.2) is 35.2 Å². The van der Waals surface area contributed by atoms with Gasteiger partial charge in [0, 0.05) is 11.8 Å². The topological polar surface area (TPSA) is 84.8 Å². The van der Waals surface area contributed by atoms with Crippen LogP contribution in [0.3, 0.4) is 0 Å². The lowest BCUT2D eigenvalue weighted by atomic mass is 9.99. The second kappa shape index (κ2) is 7.15. The Kier molecular flexibility index (Phi) is 5.01. The fourth-order valence-corrected chi connectivity index (χ4v) is 2.00. The largest absolute Gasteiger partial charge is 0.497 e. The van der Waals surface area contributed by atoms with Gasteiger partial charge in [-0.2, -0.15) is 4.79 Å². The molecule has 0 atom stereocenters. The lowest BCUT2D eigenvalue weighted by molar-refractivity contribution is -0.139. The monoisotopic (exact) mass is 297 g/mol. The highest BCUT2D eigenvalue weighted by molar-refractivity contribution is 6.42. The minimum atomic E-state index is -0.713. The second-order valence-corrected chi connectivity index (χ2v) is 4.30. The van der Waals surface area contributed by atoms with Crippen molar-refractivity contribution in [3.05, 3.63) is 53.7 Å². The van der Waals surface area contributed by atoms with Crippen LogP contribution < -0.4 is 4.74 Å². The summed E-state index contributed by atoms with van der Waals surface area (Å²) in [7, 11) is 1.51. The SMILES string of the molecule is CCOC(=O)C(=[N+]=[N-])c1cc(OC)ccc1-c1ccccn1. The number of esters is 1. The van der Waals surface area contributed by atoms with Crippen LogP contribution in [0.4, 0.5) is 0 Å². The summed E-state index contributed by atoms with van der Waals surface area (Å²) in [6.45, 7) is 1.86. The molecule has 1 heterocycles. The molecule has 0 N–H and O–H groups in total. The van der Waals surface area contributed by atoms with Gasteiger partial charge in [-0.15, -0.1) is 0 Å². The molecule has 0 saturated heterocycles. The minimum Gasteiger partial charge on any atom is -0.497 e. The molecule has 0 aliphatic heterocycles. The van der Waals surface area contributed by atoms with Crippen LogP contribution in [0.2, 0.25) is 0 Å². The summed E-state index contributed by atoms with van der Waals surface area (Å²) in [5, 5.41) is 0. The summed E-state index contributed by atoms with van der Waals surface area (Å²) in [5.41, 5.74) is 10.7. The molecule has 6 nitrogen and oxygen atoms in total. The third-order valence-corrected chi connectivity index (χ3v) is 2.99. The number of rotatable bonds is 5. The van der Waals surface area contributed by atoms with Gasteiger partial charge in [0.05, 0.1) is 25.0 Å². The van der Waals surface area contributed by atoms with E-state index in [2.05, 4.69) is 9.77 Å². The van der Waals surface area contributed by atoms with Gasteiger partial charge in [-0.05, 0) is 37.3 Å². The van der Waals surface area contributed by atoms with Crippen molar-refractivity contribution in [2.45, 2.75) is 6.92 Å². The van der Waals surface area contributed by atoms with Crippen molar-refractivity contribution in [2.75, 3.05) is 13.7 Å². The van der Waals surface area contributed by atoms with E-state index in [4.69, 9.17) is 9.47 Å². The van der Waals surface area contributed by atoms with Crippen molar-refractivity contribution < 1.29 is 19.1 Å². The van der Waals surface area contributed by atoms with Gasteiger partial charge in [-0.1, -0.05) is 6.07 Å². The lowest BCUT2D eigenvalue weighted by Gasteiger charge is -2.08. The first-order valence-corrected chi connectivity index (χ1v) is 6.70. The quantitative estimate of drug-likeness (QED) is 0.367. The highest BCUT2D eigenvalue weighted by Gasteiger charge is 2.28. The zero-order valence-electron chi connectivity index (χ0n) is 12.3. The molecule has 0 radical (unpaired) electrons. The minimum absolute atomic E-state index is 0.181. The van der Waals surface area contributed by atoms with Crippen LogP contribution in [0.15, 0.2) is 42.6 Å². The van der Waals surface area contributed by atoms with Crippen LogP contribution in [0, 0.1) is 0 Å². The smallest absolute Gasteiger partial charge is 0.422 e. The van der Waals surface area contributed by atoms with Crippen molar-refractivity contribution in [3.8, 4) is 17.0 Å². The molecule has 1 aromatic heterocycles. The molecule has 0 spiro atoms. The molecule has 0 bridgehead atoms. The molecule has 2 aromatic rings. The molecule has 0 aliphatic rings. The van der Waals surface area contributed by atoms with Gasteiger partial charge in [0.25, 0.3) is 0 Å². The van der Waals surface area contributed by atoms with Gasteiger partial charge in [0.1, 0.15) is 5.75 Å². The zero-order chi connectivity index (χ0) is 15.9. The number of carbonyl (C=O) groups excluding carboxylic acids is 1. The van der Waals surface area contributed by atoms with Gasteiger partial charge >= 0.3 is 11.7 Å². The fraction of sp³-hybridized carbons (Fsp3) is 0.188. The Balaban J connectivity index is 2.61. The maximum Gasteiger partial charge on any atom is 0.422 e. The third-order valence-electron chi connectivity index (χ3n) is 2.99. The molecule has 0 amide bonds. The average molecular weight is 297 g/mol. The Labute approximate surface area is 128 Å². The number of carbonyl (C=O) groups is 1. The van der Waals surface area contributed by atoms with Gasteiger partial charge in [0.2, 0.25) is 0 Å². The number of pyridine rings is 1. The summed E-state index contributed by atoms with van der Waals surface area (Å²) in [6, 6.07) is 10.5. The van der Waals surface area contributed by atoms with Crippen molar-refractivity contribution in [1.82, 2.24) is 4.98 Å². The third kappa shape index (κ3) is 3.19. The van der Waals surface area contributed by atoms with Crippen molar-refractivity contribution in [1.29, 1.82) is 0 Å². The predicted molar refractivity (Wildman–Crippen MR) is 80.6 cm³/mol. The van der Waals surface area contributed by atoms with Crippen LogP contribution in [0.5, 0.6) is 5.75 Å². The van der Waals surface area contributed by atoms with Crippen molar-refractivity contribution in [3.63, 3.8) is 0 Å². The van der Waals surface area contributed by atoms with E-state index in [9.17, 15) is 10.3 Å². The van der Waals surface area contributed by atoms with E-state index >= 15 is 0 Å². The zero-order valence-corrected chi connectivity index (χ0v) is 12.3. The summed E-state index contributed by atoms with van der Waals surface area (Å²) in [4.78, 5) is 19.3. The van der Waals surface area contributed by atoms with E-state index in [0.717, 1.165) is 0 Å². The van der Waals surface area contributed by atoms with Gasteiger partial charge < -0.3 is 15.0 Å². The number of aromatic nitrogens is 1. The van der Waals surface area contributed by atoms with E-state index < -0.39 is 5.97 Å². The maximum atomic E-state index is 12.0. The van der Waals surface area contributed by atoms with Gasteiger partial charge in [-0.25, -0.2) is 4.79 Å². The average Bonchev–Trinajstić information content (AvgIpc) is 2.56. The normalized spacial score (nSPS) is 9.73.